The molecule has 0 aliphatic heterocycles. The van der Waals surface area contributed by atoms with E-state index in [4.69, 9.17) is 0 Å². The summed E-state index contributed by atoms with van der Waals surface area (Å²) in [5.74, 6) is 0. The van der Waals surface area contributed by atoms with Gasteiger partial charge >= 0.3 is 0 Å². The molecule has 0 N–H and O–H groups in total. The van der Waals surface area contributed by atoms with E-state index < -0.39 is 0 Å². The molecule has 1 heteroatoms. The Balaban J connectivity index is 1.78. The lowest BCUT2D eigenvalue weighted by Gasteiger charge is -2.13. The first kappa shape index (κ1) is 16.3. The maximum absolute atomic E-state index is 2.45. The third kappa shape index (κ3) is 1.76. The van der Waals surface area contributed by atoms with Gasteiger partial charge in [-0.05, 0) is 67.4 Å². The lowest BCUT2D eigenvalue weighted by atomic mass is 9.92. The standard InChI is InChI=1S/C32H17N/c1-2-4-23(5-3-1)33-24-16-14-21-12-10-19-8-6-18-7-9-20-11-13-22-15-17-25(33)32-30(22)28(20)26(18)27(19)29(21)31(24)32/h1-17H. The summed E-state index contributed by atoms with van der Waals surface area (Å²) in [5, 5.41) is 16.4. The Bertz CT molecular complexity index is 2020. The predicted molar refractivity (Wildman–Crippen MR) is 142 cm³/mol. The molecule has 1 aromatic heterocycles. The van der Waals surface area contributed by atoms with E-state index >= 15 is 0 Å². The molecule has 0 fully saturated rings. The fourth-order valence-electron chi connectivity index (χ4n) is 6.52. The molecule has 0 spiro atoms. The summed E-state index contributed by atoms with van der Waals surface area (Å²) < 4.78 is 2.45. The van der Waals surface area contributed by atoms with Gasteiger partial charge in [0.2, 0.25) is 0 Å². The Labute approximate surface area is 189 Å². The van der Waals surface area contributed by atoms with Crippen LogP contribution in [0.4, 0.5) is 0 Å². The molecule has 9 rings (SSSR count). The summed E-state index contributed by atoms with van der Waals surface area (Å²) in [7, 11) is 0. The largest absolute Gasteiger partial charge is 0.309 e. The molecule has 0 saturated carbocycles. The SMILES string of the molecule is c1ccc(-n2c3ccc4ccc5ccc6ccc7ccc8ccc2c2c8c7c6c5c4c23)cc1. The van der Waals surface area contributed by atoms with Gasteiger partial charge in [0.05, 0.1) is 11.0 Å². The zero-order chi connectivity index (χ0) is 21.3. The van der Waals surface area contributed by atoms with Crippen molar-refractivity contribution in [2.24, 2.45) is 0 Å². The fraction of sp³-hybridized carbons (Fsp3) is 0. The minimum atomic E-state index is 1.21. The smallest absolute Gasteiger partial charge is 0.0548 e. The second kappa shape index (κ2) is 5.33. The van der Waals surface area contributed by atoms with E-state index in [1.807, 2.05) is 0 Å². The van der Waals surface area contributed by atoms with Gasteiger partial charge in [0.15, 0.2) is 0 Å². The lowest BCUT2D eigenvalue weighted by molar-refractivity contribution is 1.18. The third-order valence-electron chi connectivity index (χ3n) is 7.81. The molecule has 33 heavy (non-hydrogen) atoms. The molecule has 1 nitrogen and oxygen atoms in total. The topological polar surface area (TPSA) is 4.93 Å². The van der Waals surface area contributed by atoms with Crippen molar-refractivity contribution in [3.05, 3.63) is 103 Å². The highest BCUT2D eigenvalue weighted by Gasteiger charge is 2.23. The van der Waals surface area contributed by atoms with Gasteiger partial charge in [-0.2, -0.15) is 0 Å². The highest BCUT2D eigenvalue weighted by Crippen LogP contribution is 2.49. The molecule has 0 aliphatic rings. The van der Waals surface area contributed by atoms with Gasteiger partial charge in [-0.15, -0.1) is 0 Å². The molecule has 0 saturated heterocycles. The van der Waals surface area contributed by atoms with Crippen LogP contribution in [0.5, 0.6) is 0 Å². The molecule has 0 aliphatic carbocycles. The second-order valence-electron chi connectivity index (χ2n) is 9.34. The number of hydrogen-bond donors (Lipinski definition) is 0. The van der Waals surface area contributed by atoms with Gasteiger partial charge in [0.1, 0.15) is 0 Å². The van der Waals surface area contributed by atoms with Gasteiger partial charge < -0.3 is 4.57 Å². The summed E-state index contributed by atoms with van der Waals surface area (Å²) in [5.41, 5.74) is 3.78. The van der Waals surface area contributed by atoms with Crippen molar-refractivity contribution in [2.45, 2.75) is 0 Å². The van der Waals surface area contributed by atoms with Crippen molar-refractivity contribution >= 4 is 75.7 Å². The summed E-state index contributed by atoms with van der Waals surface area (Å²) in [6.07, 6.45) is 0. The Morgan fingerprint density at radius 3 is 1.03 bits per heavy atom. The monoisotopic (exact) mass is 415 g/mol. The Morgan fingerprint density at radius 1 is 0.303 bits per heavy atom. The van der Waals surface area contributed by atoms with Crippen LogP contribution in [0.2, 0.25) is 0 Å². The molecule has 9 aromatic rings. The van der Waals surface area contributed by atoms with E-state index in [0.29, 0.717) is 0 Å². The molecular formula is C32H17N. The number of benzene rings is 7. The van der Waals surface area contributed by atoms with Crippen LogP contribution >= 0.6 is 0 Å². The van der Waals surface area contributed by atoms with Gasteiger partial charge in [0.25, 0.3) is 0 Å². The van der Waals surface area contributed by atoms with Gasteiger partial charge in [-0.3, -0.25) is 0 Å². The Hall–Kier alpha value is -4.36. The summed E-state index contributed by atoms with van der Waals surface area (Å²) >= 11 is 0. The van der Waals surface area contributed by atoms with E-state index in [1.54, 1.807) is 0 Å². The first-order valence-corrected chi connectivity index (χ1v) is 11.5. The minimum Gasteiger partial charge on any atom is -0.309 e. The molecule has 8 aromatic carbocycles. The fourth-order valence-corrected chi connectivity index (χ4v) is 6.52. The van der Waals surface area contributed by atoms with Gasteiger partial charge in [-0.1, -0.05) is 78.9 Å². The van der Waals surface area contributed by atoms with E-state index in [9.17, 15) is 0 Å². The van der Waals surface area contributed by atoms with Crippen LogP contribution in [-0.4, -0.2) is 4.57 Å². The zero-order valence-electron chi connectivity index (χ0n) is 17.8. The molecular weight excluding hydrogens is 398 g/mol. The van der Waals surface area contributed by atoms with Crippen LogP contribution in [0.15, 0.2) is 103 Å². The highest BCUT2D eigenvalue weighted by atomic mass is 15.0. The first-order valence-electron chi connectivity index (χ1n) is 11.5. The summed E-state index contributed by atoms with van der Waals surface area (Å²) in [6, 6.07) is 38.4. The van der Waals surface area contributed by atoms with Crippen LogP contribution < -0.4 is 0 Å². The van der Waals surface area contributed by atoms with Crippen LogP contribution in [0.25, 0.3) is 81.4 Å². The van der Waals surface area contributed by atoms with E-state index in [0.717, 1.165) is 0 Å². The number of aromatic nitrogens is 1. The van der Waals surface area contributed by atoms with Crippen molar-refractivity contribution in [1.29, 1.82) is 0 Å². The van der Waals surface area contributed by atoms with Crippen LogP contribution in [0, 0.1) is 0 Å². The first-order chi connectivity index (χ1) is 16.4. The number of nitrogens with zero attached hydrogens (tertiary/aromatic N) is 1. The van der Waals surface area contributed by atoms with Crippen molar-refractivity contribution in [1.82, 2.24) is 4.57 Å². The molecule has 150 valence electrons. The molecule has 0 bridgehead atoms. The quantitative estimate of drug-likeness (QED) is 0.236. The van der Waals surface area contributed by atoms with Crippen LogP contribution in [0.1, 0.15) is 0 Å². The van der Waals surface area contributed by atoms with Crippen molar-refractivity contribution in [3.63, 3.8) is 0 Å². The minimum absolute atomic E-state index is 1.21. The molecule has 0 atom stereocenters. The second-order valence-corrected chi connectivity index (χ2v) is 9.34. The summed E-state index contributed by atoms with van der Waals surface area (Å²) in [4.78, 5) is 0. The molecule has 1 heterocycles. The number of hydrogen-bond acceptors (Lipinski definition) is 0. The number of para-hydroxylation sites is 1. The molecule has 0 amide bonds. The molecule has 0 radical (unpaired) electrons. The lowest BCUT2D eigenvalue weighted by Crippen LogP contribution is -1.93. The van der Waals surface area contributed by atoms with Crippen molar-refractivity contribution in [2.75, 3.05) is 0 Å². The van der Waals surface area contributed by atoms with E-state index in [-0.39, 0.29) is 0 Å². The van der Waals surface area contributed by atoms with Crippen LogP contribution in [0.3, 0.4) is 0 Å². The van der Waals surface area contributed by atoms with Gasteiger partial charge in [-0.25, -0.2) is 0 Å². The van der Waals surface area contributed by atoms with Crippen LogP contribution in [-0.2, 0) is 0 Å². The predicted octanol–water partition coefficient (Wildman–Crippen LogP) is 8.86. The maximum Gasteiger partial charge on any atom is 0.0548 e. The highest BCUT2D eigenvalue weighted by molar-refractivity contribution is 6.45. The van der Waals surface area contributed by atoms with Crippen molar-refractivity contribution in [3.8, 4) is 5.69 Å². The Kier molecular flexibility index (Phi) is 2.63. The number of rotatable bonds is 1. The average Bonchev–Trinajstić information content (AvgIpc) is 3.14. The molecule has 0 unspecified atom stereocenters. The van der Waals surface area contributed by atoms with E-state index in [1.165, 1.54) is 81.4 Å². The Morgan fingerprint density at radius 2 is 0.636 bits per heavy atom. The zero-order valence-corrected chi connectivity index (χ0v) is 17.8. The normalized spacial score (nSPS) is 12.8. The maximum atomic E-state index is 2.45. The van der Waals surface area contributed by atoms with Gasteiger partial charge in [0, 0.05) is 27.2 Å². The van der Waals surface area contributed by atoms with Crippen molar-refractivity contribution < 1.29 is 0 Å². The average molecular weight is 415 g/mol. The summed E-state index contributed by atoms with van der Waals surface area (Å²) in [6.45, 7) is 0. The third-order valence-corrected chi connectivity index (χ3v) is 7.81. The van der Waals surface area contributed by atoms with E-state index in [2.05, 4.69) is 108 Å².